The van der Waals surface area contributed by atoms with Crippen molar-refractivity contribution in [1.29, 1.82) is 0 Å². The van der Waals surface area contributed by atoms with Crippen LogP contribution in [-0.2, 0) is 38.7 Å². The van der Waals surface area contributed by atoms with Crippen molar-refractivity contribution in [2.24, 2.45) is 0 Å². The SMILES string of the molecule is O=C(CN1C(=O)[C@@H](NC(=O)OCc2ccccc2)[C@H]1CCc1ccco1)OCc1ccccc1. The van der Waals surface area contributed by atoms with E-state index in [0.717, 1.165) is 16.9 Å². The summed E-state index contributed by atoms with van der Waals surface area (Å²) in [5, 5.41) is 2.64. The van der Waals surface area contributed by atoms with E-state index < -0.39 is 18.1 Å². The van der Waals surface area contributed by atoms with Gasteiger partial charge in [0.25, 0.3) is 0 Å². The maximum absolute atomic E-state index is 12.8. The van der Waals surface area contributed by atoms with Gasteiger partial charge in [0.1, 0.15) is 31.6 Å². The lowest BCUT2D eigenvalue weighted by Crippen LogP contribution is -2.71. The number of carbonyl (C=O) groups is 3. The number of hydrogen-bond donors (Lipinski definition) is 1. The molecule has 1 N–H and O–H groups in total. The number of carbonyl (C=O) groups excluding carboxylic acids is 3. The number of ether oxygens (including phenoxy) is 2. The van der Waals surface area contributed by atoms with Crippen molar-refractivity contribution in [3.8, 4) is 0 Å². The van der Waals surface area contributed by atoms with Crippen LogP contribution in [0, 0.1) is 0 Å². The summed E-state index contributed by atoms with van der Waals surface area (Å²) in [6.45, 7) is 0.0398. The Morgan fingerprint density at radius 1 is 0.882 bits per heavy atom. The molecule has 0 bridgehead atoms. The van der Waals surface area contributed by atoms with Crippen LogP contribution in [0.3, 0.4) is 0 Å². The summed E-state index contributed by atoms with van der Waals surface area (Å²) in [7, 11) is 0. The maximum Gasteiger partial charge on any atom is 0.408 e. The number of aryl methyl sites for hydroxylation is 1. The van der Waals surface area contributed by atoms with E-state index in [1.165, 1.54) is 4.90 Å². The molecule has 0 spiro atoms. The molecular weight excluding hydrogens is 436 g/mol. The fourth-order valence-electron chi connectivity index (χ4n) is 3.84. The second-order valence-electron chi connectivity index (χ2n) is 7.98. The van der Waals surface area contributed by atoms with Gasteiger partial charge in [-0.2, -0.15) is 0 Å². The molecule has 4 rings (SSSR count). The molecule has 2 atom stereocenters. The predicted molar refractivity (Wildman–Crippen MR) is 122 cm³/mol. The molecule has 2 aromatic carbocycles. The van der Waals surface area contributed by atoms with Crippen LogP contribution in [0.25, 0.3) is 0 Å². The summed E-state index contributed by atoms with van der Waals surface area (Å²) in [6, 6.07) is 21.1. The molecule has 1 saturated heterocycles. The number of amides is 2. The standard InChI is InChI=1S/C26H26N2O6/c29-23(33-17-19-8-3-1-4-9-19)16-28-22(14-13-21-12-7-15-32-21)24(25(28)30)27-26(31)34-18-20-10-5-2-6-11-20/h1-12,15,22,24H,13-14,16-18H2,(H,27,31)/t22-,24+/m1/s1. The summed E-state index contributed by atoms with van der Waals surface area (Å²) in [5.41, 5.74) is 1.70. The van der Waals surface area contributed by atoms with Crippen LogP contribution < -0.4 is 5.32 Å². The molecule has 1 fully saturated rings. The van der Waals surface area contributed by atoms with Crippen LogP contribution in [0.15, 0.2) is 83.5 Å². The van der Waals surface area contributed by atoms with Crippen molar-refractivity contribution >= 4 is 18.0 Å². The van der Waals surface area contributed by atoms with Gasteiger partial charge < -0.3 is 24.1 Å². The average Bonchev–Trinajstić information content (AvgIpc) is 3.39. The average molecular weight is 463 g/mol. The minimum atomic E-state index is -0.778. The highest BCUT2D eigenvalue weighted by atomic mass is 16.5. The molecule has 1 aliphatic heterocycles. The monoisotopic (exact) mass is 462 g/mol. The van der Waals surface area contributed by atoms with Gasteiger partial charge in [0.2, 0.25) is 5.91 Å². The molecule has 2 heterocycles. The van der Waals surface area contributed by atoms with E-state index in [-0.39, 0.29) is 31.7 Å². The highest BCUT2D eigenvalue weighted by molar-refractivity contribution is 5.94. The third-order valence-corrected chi connectivity index (χ3v) is 5.63. The van der Waals surface area contributed by atoms with Crippen molar-refractivity contribution in [2.45, 2.75) is 38.1 Å². The Morgan fingerprint density at radius 2 is 1.53 bits per heavy atom. The Bertz CT molecular complexity index is 1020. The number of nitrogens with zero attached hydrogens (tertiary/aromatic N) is 1. The summed E-state index contributed by atoms with van der Waals surface area (Å²) in [5.74, 6) is -0.0977. The number of rotatable bonds is 10. The number of β-lactam (4-membered cyclic amide) rings is 1. The van der Waals surface area contributed by atoms with Gasteiger partial charge in [-0.3, -0.25) is 9.59 Å². The van der Waals surface area contributed by atoms with E-state index in [1.54, 1.807) is 12.3 Å². The van der Waals surface area contributed by atoms with E-state index in [1.807, 2.05) is 66.7 Å². The Labute approximate surface area is 197 Å². The Hall–Kier alpha value is -4.07. The van der Waals surface area contributed by atoms with Crippen LogP contribution in [-0.4, -0.2) is 41.5 Å². The van der Waals surface area contributed by atoms with Gasteiger partial charge in [0.15, 0.2) is 0 Å². The minimum Gasteiger partial charge on any atom is -0.469 e. The maximum atomic E-state index is 12.8. The first kappa shape index (κ1) is 23.1. The van der Waals surface area contributed by atoms with Crippen molar-refractivity contribution in [2.75, 3.05) is 6.54 Å². The van der Waals surface area contributed by atoms with Crippen LogP contribution in [0.5, 0.6) is 0 Å². The quantitative estimate of drug-likeness (QED) is 0.366. The first-order valence-electron chi connectivity index (χ1n) is 11.1. The van der Waals surface area contributed by atoms with Crippen LogP contribution >= 0.6 is 0 Å². The van der Waals surface area contributed by atoms with E-state index in [9.17, 15) is 14.4 Å². The second-order valence-corrected chi connectivity index (χ2v) is 7.98. The van der Waals surface area contributed by atoms with Crippen molar-refractivity contribution in [3.05, 3.63) is 95.9 Å². The summed E-state index contributed by atoms with van der Waals surface area (Å²) in [4.78, 5) is 38.9. The number of benzene rings is 2. The lowest BCUT2D eigenvalue weighted by molar-refractivity contribution is -0.162. The van der Waals surface area contributed by atoms with Gasteiger partial charge in [-0.05, 0) is 29.7 Å². The molecule has 34 heavy (non-hydrogen) atoms. The molecule has 176 valence electrons. The first-order chi connectivity index (χ1) is 16.6. The fourth-order valence-corrected chi connectivity index (χ4v) is 3.84. The molecule has 1 aliphatic rings. The van der Waals surface area contributed by atoms with E-state index >= 15 is 0 Å². The Morgan fingerprint density at radius 3 is 2.15 bits per heavy atom. The van der Waals surface area contributed by atoms with Gasteiger partial charge in [-0.15, -0.1) is 0 Å². The lowest BCUT2D eigenvalue weighted by Gasteiger charge is -2.46. The molecule has 1 aromatic heterocycles. The normalized spacial score (nSPS) is 17.1. The number of hydrogen-bond acceptors (Lipinski definition) is 6. The second kappa shape index (κ2) is 11.2. The van der Waals surface area contributed by atoms with Crippen LogP contribution in [0.2, 0.25) is 0 Å². The molecule has 2 amide bonds. The largest absolute Gasteiger partial charge is 0.469 e. The zero-order valence-corrected chi connectivity index (χ0v) is 18.6. The van der Waals surface area contributed by atoms with Crippen molar-refractivity contribution in [3.63, 3.8) is 0 Å². The Balaban J connectivity index is 1.33. The van der Waals surface area contributed by atoms with Crippen molar-refractivity contribution < 1.29 is 28.3 Å². The zero-order valence-electron chi connectivity index (χ0n) is 18.6. The van der Waals surface area contributed by atoms with E-state index in [2.05, 4.69) is 5.32 Å². The molecular formula is C26H26N2O6. The third kappa shape index (κ3) is 6.04. The minimum absolute atomic E-state index is 0.0974. The molecule has 0 saturated carbocycles. The predicted octanol–water partition coefficient (Wildman–Crippen LogP) is 3.46. The van der Waals surface area contributed by atoms with Gasteiger partial charge in [-0.25, -0.2) is 4.79 Å². The van der Waals surface area contributed by atoms with Crippen LogP contribution in [0.1, 0.15) is 23.3 Å². The summed E-state index contributed by atoms with van der Waals surface area (Å²) >= 11 is 0. The van der Waals surface area contributed by atoms with Crippen molar-refractivity contribution in [1.82, 2.24) is 10.2 Å². The molecule has 0 radical (unpaired) electrons. The Kier molecular flexibility index (Phi) is 7.60. The van der Waals surface area contributed by atoms with Gasteiger partial charge in [0.05, 0.1) is 12.3 Å². The number of furan rings is 1. The molecule has 0 unspecified atom stereocenters. The molecule has 0 aliphatic carbocycles. The highest BCUT2D eigenvalue weighted by Crippen LogP contribution is 2.25. The van der Waals surface area contributed by atoms with Crippen LogP contribution in [0.4, 0.5) is 4.79 Å². The van der Waals surface area contributed by atoms with Gasteiger partial charge in [-0.1, -0.05) is 60.7 Å². The van der Waals surface area contributed by atoms with Gasteiger partial charge >= 0.3 is 12.1 Å². The molecule has 8 heteroatoms. The summed E-state index contributed by atoms with van der Waals surface area (Å²) in [6.07, 6.45) is 1.96. The first-order valence-corrected chi connectivity index (χ1v) is 11.1. The van der Waals surface area contributed by atoms with Gasteiger partial charge in [0, 0.05) is 6.42 Å². The molecule has 8 nitrogen and oxygen atoms in total. The zero-order chi connectivity index (χ0) is 23.8. The topological polar surface area (TPSA) is 98.1 Å². The number of esters is 1. The number of alkyl carbamates (subject to hydrolysis) is 1. The molecule has 3 aromatic rings. The fraction of sp³-hybridized carbons (Fsp3) is 0.269. The number of likely N-dealkylation sites (tertiary alicyclic amines) is 1. The number of nitrogens with one attached hydrogen (secondary N) is 1. The van der Waals surface area contributed by atoms with E-state index in [0.29, 0.717) is 12.8 Å². The highest BCUT2D eigenvalue weighted by Gasteiger charge is 2.48. The van der Waals surface area contributed by atoms with E-state index in [4.69, 9.17) is 13.9 Å². The smallest absolute Gasteiger partial charge is 0.408 e. The summed E-state index contributed by atoms with van der Waals surface area (Å²) < 4.78 is 16.0. The third-order valence-electron chi connectivity index (χ3n) is 5.63. The lowest BCUT2D eigenvalue weighted by atomic mass is 9.90.